The molecule has 1 saturated carbocycles. The predicted molar refractivity (Wildman–Crippen MR) is 81.0 cm³/mol. The van der Waals surface area contributed by atoms with Crippen LogP contribution in [0.4, 0.5) is 13.2 Å². The molecule has 0 N–H and O–H groups in total. The summed E-state index contributed by atoms with van der Waals surface area (Å²) >= 11 is 0. The highest BCUT2D eigenvalue weighted by Crippen LogP contribution is 2.51. The van der Waals surface area contributed by atoms with Crippen molar-refractivity contribution < 1.29 is 22.7 Å². The molecule has 0 spiro atoms. The van der Waals surface area contributed by atoms with Crippen molar-refractivity contribution in [2.45, 2.75) is 32.5 Å². The molecule has 0 aliphatic heterocycles. The first-order valence-electron chi connectivity index (χ1n) is 7.79. The Labute approximate surface area is 138 Å². The molecule has 0 radical (unpaired) electrons. The largest absolute Gasteiger partial charge is 0.573 e. The Morgan fingerprint density at radius 2 is 2.12 bits per heavy atom. The fourth-order valence-corrected chi connectivity index (χ4v) is 2.80. The van der Waals surface area contributed by atoms with E-state index < -0.39 is 6.36 Å². The third kappa shape index (κ3) is 4.40. The zero-order chi connectivity index (χ0) is 17.9. The van der Waals surface area contributed by atoms with Crippen molar-refractivity contribution in [3.05, 3.63) is 29.8 Å². The van der Waals surface area contributed by atoms with Gasteiger partial charge in [-0.3, -0.25) is 4.79 Å². The highest BCUT2D eigenvalue weighted by molar-refractivity contribution is 5.83. The van der Waals surface area contributed by atoms with Crippen LogP contribution in [0.3, 0.4) is 0 Å². The molecule has 2 rings (SSSR count). The van der Waals surface area contributed by atoms with E-state index in [1.165, 1.54) is 12.1 Å². The van der Waals surface area contributed by atoms with Crippen molar-refractivity contribution in [1.29, 1.82) is 5.26 Å². The number of hydrogen-bond donors (Lipinski definition) is 0. The lowest BCUT2D eigenvalue weighted by Gasteiger charge is -2.22. The topological polar surface area (TPSA) is 53.3 Å². The molecule has 4 nitrogen and oxygen atoms in total. The molecule has 130 valence electrons. The van der Waals surface area contributed by atoms with Gasteiger partial charge in [0.1, 0.15) is 5.75 Å². The van der Waals surface area contributed by atoms with E-state index in [4.69, 9.17) is 5.26 Å². The van der Waals surface area contributed by atoms with Crippen LogP contribution < -0.4 is 4.74 Å². The molecule has 0 bridgehead atoms. The minimum Gasteiger partial charge on any atom is -0.405 e. The van der Waals surface area contributed by atoms with Gasteiger partial charge in [0.05, 0.1) is 12.0 Å². The summed E-state index contributed by atoms with van der Waals surface area (Å²) in [7, 11) is 0. The highest BCUT2D eigenvalue weighted by atomic mass is 19.4. The third-order valence-electron chi connectivity index (χ3n) is 4.06. The average Bonchev–Trinajstić information content (AvgIpc) is 3.31. The Hall–Kier alpha value is -2.23. The maximum absolute atomic E-state index is 12.5. The van der Waals surface area contributed by atoms with E-state index in [9.17, 15) is 18.0 Å². The van der Waals surface area contributed by atoms with E-state index in [0.29, 0.717) is 25.1 Å². The first kappa shape index (κ1) is 18.1. The first-order valence-corrected chi connectivity index (χ1v) is 7.79. The summed E-state index contributed by atoms with van der Waals surface area (Å²) in [4.78, 5) is 14.1. The number of benzene rings is 1. The standard InChI is InChI=1S/C17H19F3N2O2/c1-3-22(10-11(2)9-21)16(23)14-8-13(14)12-6-4-5-7-15(12)24-17(18,19)20/h4-7,11,13-14H,3,8,10H2,1-2H3/t11-,13+,14-/m1/s1. The minimum absolute atomic E-state index is 0.119. The Morgan fingerprint density at radius 3 is 2.71 bits per heavy atom. The molecule has 1 fully saturated rings. The van der Waals surface area contributed by atoms with Crippen molar-refractivity contribution in [2.24, 2.45) is 11.8 Å². The third-order valence-corrected chi connectivity index (χ3v) is 4.06. The maximum atomic E-state index is 12.5. The smallest absolute Gasteiger partial charge is 0.405 e. The molecular weight excluding hydrogens is 321 g/mol. The van der Waals surface area contributed by atoms with Gasteiger partial charge in [-0.1, -0.05) is 18.2 Å². The van der Waals surface area contributed by atoms with Gasteiger partial charge < -0.3 is 9.64 Å². The molecule has 0 aromatic heterocycles. The second kappa shape index (κ2) is 7.12. The number of nitriles is 1. The van der Waals surface area contributed by atoms with Crippen LogP contribution in [-0.4, -0.2) is 30.3 Å². The molecule has 24 heavy (non-hydrogen) atoms. The number of alkyl halides is 3. The van der Waals surface area contributed by atoms with Gasteiger partial charge in [-0.05, 0) is 37.8 Å². The lowest BCUT2D eigenvalue weighted by atomic mass is 10.1. The highest BCUT2D eigenvalue weighted by Gasteiger charge is 2.47. The monoisotopic (exact) mass is 340 g/mol. The SMILES string of the molecule is CCN(C[C@H](C)C#N)C(=O)[C@@H]1C[C@H]1c1ccccc1OC(F)(F)F. The second-order valence-corrected chi connectivity index (χ2v) is 5.94. The van der Waals surface area contributed by atoms with Crippen LogP contribution in [0.2, 0.25) is 0 Å². The lowest BCUT2D eigenvalue weighted by molar-refractivity contribution is -0.274. The van der Waals surface area contributed by atoms with Crippen molar-refractivity contribution in [1.82, 2.24) is 4.90 Å². The molecule has 0 saturated heterocycles. The number of ether oxygens (including phenoxy) is 1. The Kier molecular flexibility index (Phi) is 5.37. The molecule has 1 aliphatic rings. The number of halogens is 3. The summed E-state index contributed by atoms with van der Waals surface area (Å²) in [6, 6.07) is 8.01. The quantitative estimate of drug-likeness (QED) is 0.793. The second-order valence-electron chi connectivity index (χ2n) is 5.94. The molecule has 0 unspecified atom stereocenters. The Balaban J connectivity index is 2.10. The van der Waals surface area contributed by atoms with E-state index in [1.54, 1.807) is 24.0 Å². The van der Waals surface area contributed by atoms with Gasteiger partial charge in [0.2, 0.25) is 5.91 Å². The number of rotatable bonds is 6. The summed E-state index contributed by atoms with van der Waals surface area (Å²) in [5, 5.41) is 8.88. The van der Waals surface area contributed by atoms with Gasteiger partial charge >= 0.3 is 6.36 Å². The number of hydrogen-bond acceptors (Lipinski definition) is 3. The zero-order valence-electron chi connectivity index (χ0n) is 13.5. The maximum Gasteiger partial charge on any atom is 0.573 e. The van der Waals surface area contributed by atoms with Crippen molar-refractivity contribution in [3.8, 4) is 11.8 Å². The summed E-state index contributed by atoms with van der Waals surface area (Å²) < 4.78 is 41.6. The predicted octanol–water partition coefficient (Wildman–Crippen LogP) is 3.70. The summed E-state index contributed by atoms with van der Waals surface area (Å²) in [5.74, 6) is -1.28. The van der Waals surface area contributed by atoms with Gasteiger partial charge in [-0.2, -0.15) is 5.26 Å². The number of amides is 1. The van der Waals surface area contributed by atoms with Crippen molar-refractivity contribution in [2.75, 3.05) is 13.1 Å². The summed E-state index contributed by atoms with van der Waals surface area (Å²) in [5.41, 5.74) is 0.401. The van der Waals surface area contributed by atoms with Crippen LogP contribution in [0, 0.1) is 23.2 Å². The van der Waals surface area contributed by atoms with Crippen molar-refractivity contribution in [3.63, 3.8) is 0 Å². The number of para-hydroxylation sites is 1. The van der Waals surface area contributed by atoms with E-state index in [-0.39, 0.29) is 29.4 Å². The van der Waals surface area contributed by atoms with Gasteiger partial charge in [0.25, 0.3) is 0 Å². The number of carbonyl (C=O) groups excluding carboxylic acids is 1. The van der Waals surface area contributed by atoms with Crippen LogP contribution in [0.1, 0.15) is 31.7 Å². The fourth-order valence-electron chi connectivity index (χ4n) is 2.80. The van der Waals surface area contributed by atoms with Crippen LogP contribution in [0.5, 0.6) is 5.75 Å². The molecule has 7 heteroatoms. The Morgan fingerprint density at radius 1 is 1.46 bits per heavy atom. The number of nitrogens with zero attached hydrogens (tertiary/aromatic N) is 2. The van der Waals surface area contributed by atoms with Crippen LogP contribution >= 0.6 is 0 Å². The lowest BCUT2D eigenvalue weighted by Crippen LogP contribution is -2.35. The zero-order valence-corrected chi connectivity index (χ0v) is 13.5. The van der Waals surface area contributed by atoms with Crippen LogP contribution in [-0.2, 0) is 4.79 Å². The molecule has 0 heterocycles. The molecular formula is C17H19F3N2O2. The molecule has 3 atom stereocenters. The molecule has 1 aliphatic carbocycles. The Bertz CT molecular complexity index is 639. The average molecular weight is 340 g/mol. The summed E-state index contributed by atoms with van der Waals surface area (Å²) in [6.07, 6.45) is -4.27. The molecule has 1 aromatic carbocycles. The van der Waals surface area contributed by atoms with E-state index >= 15 is 0 Å². The van der Waals surface area contributed by atoms with Gasteiger partial charge in [-0.15, -0.1) is 13.2 Å². The van der Waals surface area contributed by atoms with Crippen LogP contribution in [0.15, 0.2) is 24.3 Å². The molecule has 1 amide bonds. The van der Waals surface area contributed by atoms with E-state index in [1.807, 2.05) is 6.92 Å². The minimum atomic E-state index is -4.76. The van der Waals surface area contributed by atoms with Gasteiger partial charge in [-0.25, -0.2) is 0 Å². The molecule has 1 aromatic rings. The van der Waals surface area contributed by atoms with Crippen molar-refractivity contribution >= 4 is 5.91 Å². The normalized spacial score (nSPS) is 20.8. The van der Waals surface area contributed by atoms with E-state index in [2.05, 4.69) is 10.8 Å². The van der Waals surface area contributed by atoms with Gasteiger partial charge in [0.15, 0.2) is 0 Å². The summed E-state index contributed by atoms with van der Waals surface area (Å²) in [6.45, 7) is 4.34. The number of carbonyl (C=O) groups is 1. The van der Waals surface area contributed by atoms with Crippen LogP contribution in [0.25, 0.3) is 0 Å². The van der Waals surface area contributed by atoms with Gasteiger partial charge in [0, 0.05) is 19.0 Å². The fraction of sp³-hybridized carbons (Fsp3) is 0.529. The first-order chi connectivity index (χ1) is 11.3. The van der Waals surface area contributed by atoms with E-state index in [0.717, 1.165) is 0 Å².